The maximum absolute atomic E-state index is 14.0. The molecule has 7 rings (SSSR count). The Morgan fingerprint density at radius 2 is 1.62 bits per heavy atom. The Bertz CT molecular complexity index is 1660. The third-order valence-electron chi connectivity index (χ3n) is 11.5. The Morgan fingerprint density at radius 1 is 0.885 bits per heavy atom. The molecule has 10 heteroatoms. The number of carbonyl (C=O) groups is 2. The highest BCUT2D eigenvalue weighted by atomic mass is 79.9. The van der Waals surface area contributed by atoms with Crippen molar-refractivity contribution in [3.8, 4) is 0 Å². The minimum absolute atomic E-state index is 0.120. The van der Waals surface area contributed by atoms with E-state index >= 15 is 0 Å². The number of hydrogen-bond acceptors (Lipinski definition) is 6. The summed E-state index contributed by atoms with van der Waals surface area (Å²) in [6, 6.07) is 20.0. The van der Waals surface area contributed by atoms with Gasteiger partial charge in [-0.2, -0.15) is 0 Å². The SMILES string of the molecule is CC(C)(C)OC(=O)N1CCC(CC(=O)N2CCN(C3CCN(C4c5ccc(Cl)cc5CCc5cc(Br)cnc54)CC3)C[C@@H]2Cc2ccccc2)CC1. The minimum atomic E-state index is -0.505. The molecule has 2 atom stereocenters. The number of likely N-dealkylation sites (tertiary alicyclic amines) is 2. The number of aryl methyl sites for hydroxylation is 2. The van der Waals surface area contributed by atoms with Crippen LogP contribution in [-0.2, 0) is 28.8 Å². The Morgan fingerprint density at radius 3 is 2.35 bits per heavy atom. The van der Waals surface area contributed by atoms with Gasteiger partial charge in [-0.25, -0.2) is 4.79 Å². The van der Waals surface area contributed by atoms with Crippen molar-refractivity contribution >= 4 is 39.5 Å². The molecule has 3 aromatic rings. The molecule has 1 unspecified atom stereocenters. The molecule has 2 amide bonds. The van der Waals surface area contributed by atoms with Crippen molar-refractivity contribution in [2.45, 2.75) is 95.9 Å². The molecule has 0 spiro atoms. The zero-order valence-corrected chi connectivity index (χ0v) is 33.2. The molecule has 3 saturated heterocycles. The normalized spacial score (nSPS) is 22.4. The number of piperazine rings is 1. The van der Waals surface area contributed by atoms with E-state index < -0.39 is 5.60 Å². The standard InChI is InChI=1S/C42H53BrClN5O3/c1-42(2,3)52-41(51)47-17-13-30(14-18-47)24-38(50)49-22-21-48(28-36(49)23-29-7-5-4-6-8-29)35-15-19-46(20-16-35)40-37-12-11-34(44)26-31(37)9-10-32-25-33(43)27-45-39(32)40/h4-8,11-12,25-27,30,35-36,40H,9-10,13-24,28H2,1-3H3/t36-,40?/m0/s1. The largest absolute Gasteiger partial charge is 0.444 e. The number of halogens is 2. The first-order valence-electron chi connectivity index (χ1n) is 19.2. The number of ether oxygens (including phenoxy) is 1. The molecule has 52 heavy (non-hydrogen) atoms. The average Bonchev–Trinajstić information content (AvgIpc) is 3.28. The van der Waals surface area contributed by atoms with Gasteiger partial charge in [0.2, 0.25) is 5.91 Å². The zero-order chi connectivity index (χ0) is 36.4. The number of piperidine rings is 2. The van der Waals surface area contributed by atoms with Crippen LogP contribution in [0, 0.1) is 5.92 Å². The maximum Gasteiger partial charge on any atom is 0.410 e. The van der Waals surface area contributed by atoms with Crippen LogP contribution >= 0.6 is 27.5 Å². The lowest BCUT2D eigenvalue weighted by molar-refractivity contribution is -0.138. The van der Waals surface area contributed by atoms with Gasteiger partial charge < -0.3 is 14.5 Å². The third-order valence-corrected chi connectivity index (χ3v) is 12.2. The van der Waals surface area contributed by atoms with E-state index in [9.17, 15) is 9.59 Å². The molecule has 8 nitrogen and oxygen atoms in total. The lowest BCUT2D eigenvalue weighted by Gasteiger charge is -2.48. The van der Waals surface area contributed by atoms with Gasteiger partial charge in [0.05, 0.1) is 11.7 Å². The molecule has 3 fully saturated rings. The predicted molar refractivity (Wildman–Crippen MR) is 210 cm³/mol. The first-order valence-corrected chi connectivity index (χ1v) is 20.4. The summed E-state index contributed by atoms with van der Waals surface area (Å²) < 4.78 is 6.62. The summed E-state index contributed by atoms with van der Waals surface area (Å²) >= 11 is 10.2. The van der Waals surface area contributed by atoms with Crippen molar-refractivity contribution in [2.24, 2.45) is 5.92 Å². The van der Waals surface area contributed by atoms with Crippen molar-refractivity contribution in [3.05, 3.63) is 98.2 Å². The van der Waals surface area contributed by atoms with Crippen molar-refractivity contribution < 1.29 is 14.3 Å². The van der Waals surface area contributed by atoms with Crippen LogP contribution in [0.1, 0.15) is 86.9 Å². The van der Waals surface area contributed by atoms with E-state index in [0.717, 1.165) is 87.2 Å². The summed E-state index contributed by atoms with van der Waals surface area (Å²) in [5.41, 5.74) is 5.92. The average molecular weight is 791 g/mol. The highest BCUT2D eigenvalue weighted by Crippen LogP contribution is 2.39. The lowest BCUT2D eigenvalue weighted by atomic mass is 9.91. The Hall–Kier alpha value is -2.98. The topological polar surface area (TPSA) is 69.2 Å². The molecule has 4 aliphatic rings. The zero-order valence-electron chi connectivity index (χ0n) is 30.9. The molecule has 3 aliphatic heterocycles. The van der Waals surface area contributed by atoms with Gasteiger partial charge in [-0.05, 0) is 128 Å². The van der Waals surface area contributed by atoms with Crippen LogP contribution in [0.5, 0.6) is 0 Å². The maximum atomic E-state index is 14.0. The van der Waals surface area contributed by atoms with Gasteiger partial charge >= 0.3 is 6.09 Å². The highest BCUT2D eigenvalue weighted by Gasteiger charge is 2.38. The quantitative estimate of drug-likeness (QED) is 0.253. The fourth-order valence-electron chi connectivity index (χ4n) is 8.90. The van der Waals surface area contributed by atoms with Gasteiger partial charge in [0.15, 0.2) is 0 Å². The number of amides is 2. The molecule has 278 valence electrons. The monoisotopic (exact) mass is 789 g/mol. The fraction of sp³-hybridized carbons (Fsp3) is 0.548. The van der Waals surface area contributed by atoms with E-state index in [1.54, 1.807) is 4.90 Å². The molecule has 4 heterocycles. The second-order valence-corrected chi connectivity index (χ2v) is 17.6. The highest BCUT2D eigenvalue weighted by molar-refractivity contribution is 9.10. The smallest absolute Gasteiger partial charge is 0.410 e. The summed E-state index contributed by atoms with van der Waals surface area (Å²) in [7, 11) is 0. The number of rotatable bonds is 6. The first-order chi connectivity index (χ1) is 25.0. The summed E-state index contributed by atoms with van der Waals surface area (Å²) in [4.78, 5) is 41.0. The van der Waals surface area contributed by atoms with Gasteiger partial charge in [0, 0.05) is 80.0 Å². The fourth-order valence-corrected chi connectivity index (χ4v) is 9.48. The van der Waals surface area contributed by atoms with E-state index in [2.05, 4.69) is 79.2 Å². The summed E-state index contributed by atoms with van der Waals surface area (Å²) in [6.45, 7) is 11.5. The van der Waals surface area contributed by atoms with E-state index in [-0.39, 0.29) is 30.0 Å². The Balaban J connectivity index is 1.00. The summed E-state index contributed by atoms with van der Waals surface area (Å²) in [5.74, 6) is 0.549. The van der Waals surface area contributed by atoms with Gasteiger partial charge in [0.25, 0.3) is 0 Å². The van der Waals surface area contributed by atoms with Crippen molar-refractivity contribution in [1.29, 1.82) is 0 Å². The number of benzene rings is 2. The molecule has 2 aromatic carbocycles. The number of fused-ring (bicyclic) bond motifs is 2. The van der Waals surface area contributed by atoms with Crippen molar-refractivity contribution in [3.63, 3.8) is 0 Å². The van der Waals surface area contributed by atoms with Crippen LogP contribution in [0.2, 0.25) is 5.02 Å². The second kappa shape index (κ2) is 16.2. The molecule has 0 radical (unpaired) electrons. The first kappa shape index (κ1) is 37.3. The number of aromatic nitrogens is 1. The Labute approximate surface area is 323 Å². The van der Waals surface area contributed by atoms with Crippen molar-refractivity contribution in [1.82, 2.24) is 24.6 Å². The molecular formula is C42H53BrClN5O3. The summed E-state index contributed by atoms with van der Waals surface area (Å²) in [6.07, 6.45) is 8.88. The third kappa shape index (κ3) is 8.86. The molecule has 1 aromatic heterocycles. The molecule has 0 N–H and O–H groups in total. The molecule has 0 bridgehead atoms. The van der Waals surface area contributed by atoms with E-state index in [4.69, 9.17) is 21.3 Å². The van der Waals surface area contributed by atoms with E-state index in [0.29, 0.717) is 25.6 Å². The molecule has 0 saturated carbocycles. The van der Waals surface area contributed by atoms with Crippen LogP contribution in [0.3, 0.4) is 0 Å². The van der Waals surface area contributed by atoms with Crippen molar-refractivity contribution in [2.75, 3.05) is 45.8 Å². The number of pyridine rings is 1. The van der Waals surface area contributed by atoms with E-state index in [1.165, 1.54) is 27.9 Å². The van der Waals surface area contributed by atoms with Crippen LogP contribution in [-0.4, -0.2) is 100 Å². The predicted octanol–water partition coefficient (Wildman–Crippen LogP) is 7.94. The van der Waals surface area contributed by atoms with Crippen LogP contribution in [0.25, 0.3) is 0 Å². The van der Waals surface area contributed by atoms with Crippen LogP contribution in [0.4, 0.5) is 4.79 Å². The molecule has 1 aliphatic carbocycles. The lowest BCUT2D eigenvalue weighted by Crippen LogP contribution is -2.59. The van der Waals surface area contributed by atoms with Crippen LogP contribution in [0.15, 0.2) is 65.3 Å². The summed E-state index contributed by atoms with van der Waals surface area (Å²) in [5, 5.41) is 0.794. The second-order valence-electron chi connectivity index (χ2n) is 16.3. The number of hydrogen-bond donors (Lipinski definition) is 0. The van der Waals surface area contributed by atoms with Gasteiger partial charge in [-0.15, -0.1) is 0 Å². The van der Waals surface area contributed by atoms with Gasteiger partial charge in [-0.1, -0.05) is 48.0 Å². The minimum Gasteiger partial charge on any atom is -0.444 e. The van der Waals surface area contributed by atoms with Gasteiger partial charge in [0.1, 0.15) is 5.60 Å². The van der Waals surface area contributed by atoms with Crippen LogP contribution < -0.4 is 0 Å². The Kier molecular flexibility index (Phi) is 11.6. The number of carbonyl (C=O) groups excluding carboxylic acids is 2. The molecular weight excluding hydrogens is 738 g/mol. The number of nitrogens with zero attached hydrogens (tertiary/aromatic N) is 5. The van der Waals surface area contributed by atoms with Gasteiger partial charge in [-0.3, -0.25) is 19.6 Å². The van der Waals surface area contributed by atoms with E-state index in [1.807, 2.05) is 33.0 Å².